The minimum absolute atomic E-state index is 0.0432. The number of carbonyl (C=O) groups excluding carboxylic acids is 1. The van der Waals surface area contributed by atoms with Gasteiger partial charge in [-0.15, -0.1) is 0 Å². The highest BCUT2D eigenvalue weighted by Crippen LogP contribution is 2.43. The maximum Gasteiger partial charge on any atom is 0.243 e. The van der Waals surface area contributed by atoms with Crippen LogP contribution in [-0.2, 0) is 14.9 Å². The third-order valence-corrected chi connectivity index (χ3v) is 3.65. The molecule has 0 atom stereocenters. The fourth-order valence-corrected chi connectivity index (χ4v) is 2.58. The molecule has 0 unspecified atom stereocenters. The summed E-state index contributed by atoms with van der Waals surface area (Å²) in [7, 11) is 0. The van der Waals surface area contributed by atoms with Crippen molar-refractivity contribution in [1.82, 2.24) is 5.32 Å². The summed E-state index contributed by atoms with van der Waals surface area (Å²) < 4.78 is 5.07. The van der Waals surface area contributed by atoms with Crippen LogP contribution in [0, 0.1) is 11.3 Å². The topological polar surface area (TPSA) is 88.1 Å². The predicted octanol–water partition coefficient (Wildman–Crippen LogP) is 0.702. The Labute approximate surface area is 118 Å². The van der Waals surface area contributed by atoms with Crippen molar-refractivity contribution in [2.24, 2.45) is 5.73 Å². The fraction of sp³-hybridized carbons (Fsp3) is 0.467. The number of hydrogen-bond acceptors (Lipinski definition) is 4. The molecule has 0 aliphatic heterocycles. The number of nitriles is 1. The van der Waals surface area contributed by atoms with Gasteiger partial charge in [-0.3, -0.25) is 4.79 Å². The second kappa shape index (κ2) is 6.51. The van der Waals surface area contributed by atoms with Crippen molar-refractivity contribution in [3.05, 3.63) is 35.9 Å². The van der Waals surface area contributed by atoms with Crippen molar-refractivity contribution in [2.45, 2.75) is 24.3 Å². The van der Waals surface area contributed by atoms with Crippen LogP contribution in [0.3, 0.4) is 0 Å². The first-order chi connectivity index (χ1) is 9.66. The monoisotopic (exact) mass is 273 g/mol. The molecule has 3 N–H and O–H groups in total. The lowest BCUT2D eigenvalue weighted by Gasteiger charge is -2.43. The second-order valence-electron chi connectivity index (χ2n) is 5.14. The highest BCUT2D eigenvalue weighted by atomic mass is 16.5. The quantitative estimate of drug-likeness (QED) is 0.716. The molecule has 5 heteroatoms. The Bertz CT molecular complexity index is 490. The molecule has 1 aliphatic rings. The normalized spacial score (nSPS) is 24.6. The molecule has 0 aromatic heterocycles. The summed E-state index contributed by atoms with van der Waals surface area (Å²) in [4.78, 5) is 10.5. The van der Waals surface area contributed by atoms with Gasteiger partial charge in [-0.1, -0.05) is 30.3 Å². The summed E-state index contributed by atoms with van der Waals surface area (Å²) in [5.74, 6) is -0.457. The van der Waals surface area contributed by atoms with Gasteiger partial charge in [0.15, 0.2) is 0 Å². The van der Waals surface area contributed by atoms with Crippen molar-refractivity contribution in [2.75, 3.05) is 19.8 Å². The number of rotatable bonds is 7. The molecule has 1 fully saturated rings. The van der Waals surface area contributed by atoms with Crippen LogP contribution in [-0.4, -0.2) is 31.7 Å². The first-order valence-corrected chi connectivity index (χ1v) is 6.72. The van der Waals surface area contributed by atoms with Gasteiger partial charge in [0.1, 0.15) is 6.61 Å². The van der Waals surface area contributed by atoms with Crippen LogP contribution >= 0.6 is 0 Å². The van der Waals surface area contributed by atoms with E-state index < -0.39 is 5.91 Å². The van der Waals surface area contributed by atoms with Crippen molar-refractivity contribution in [3.63, 3.8) is 0 Å². The Morgan fingerprint density at radius 2 is 2.15 bits per heavy atom. The van der Waals surface area contributed by atoms with Crippen LogP contribution in [0.5, 0.6) is 0 Å². The molecule has 0 spiro atoms. The van der Waals surface area contributed by atoms with Gasteiger partial charge in [0, 0.05) is 12.6 Å². The molecule has 0 saturated heterocycles. The van der Waals surface area contributed by atoms with Crippen LogP contribution in [0.1, 0.15) is 18.4 Å². The van der Waals surface area contributed by atoms with E-state index in [1.165, 1.54) is 0 Å². The van der Waals surface area contributed by atoms with E-state index >= 15 is 0 Å². The predicted molar refractivity (Wildman–Crippen MR) is 74.8 cm³/mol. The zero-order chi connectivity index (χ0) is 14.4. The standard InChI is InChI=1S/C15H19N3O2/c16-11-15(12-4-2-1-3-5-12)8-13(9-15)18-6-7-20-10-14(17)19/h1-5,13,18H,6-10H2,(H2,17,19). The first kappa shape index (κ1) is 14.5. The van der Waals surface area contributed by atoms with Crippen molar-refractivity contribution >= 4 is 5.91 Å². The van der Waals surface area contributed by atoms with Gasteiger partial charge in [-0.05, 0) is 18.4 Å². The Balaban J connectivity index is 1.73. The number of amides is 1. The van der Waals surface area contributed by atoms with Gasteiger partial charge >= 0.3 is 0 Å². The molecule has 1 aromatic carbocycles. The zero-order valence-corrected chi connectivity index (χ0v) is 11.3. The highest BCUT2D eigenvalue weighted by Gasteiger charge is 2.45. The first-order valence-electron chi connectivity index (χ1n) is 6.72. The lowest BCUT2D eigenvalue weighted by molar-refractivity contribution is -0.122. The minimum Gasteiger partial charge on any atom is -0.370 e. The summed E-state index contributed by atoms with van der Waals surface area (Å²) in [5, 5.41) is 12.7. The zero-order valence-electron chi connectivity index (χ0n) is 11.3. The molecule has 0 heterocycles. The summed E-state index contributed by atoms with van der Waals surface area (Å²) in [5.41, 5.74) is 5.70. The van der Waals surface area contributed by atoms with E-state index in [0.29, 0.717) is 19.2 Å². The summed E-state index contributed by atoms with van der Waals surface area (Å²) >= 11 is 0. The van der Waals surface area contributed by atoms with E-state index in [9.17, 15) is 10.1 Å². The molecular formula is C15H19N3O2. The Morgan fingerprint density at radius 1 is 1.45 bits per heavy atom. The number of benzene rings is 1. The molecule has 0 radical (unpaired) electrons. The van der Waals surface area contributed by atoms with E-state index in [1.54, 1.807) is 0 Å². The van der Waals surface area contributed by atoms with Crippen molar-refractivity contribution in [1.29, 1.82) is 5.26 Å². The van der Waals surface area contributed by atoms with Gasteiger partial charge in [0.2, 0.25) is 5.91 Å². The van der Waals surface area contributed by atoms with E-state index in [2.05, 4.69) is 11.4 Å². The van der Waals surface area contributed by atoms with Gasteiger partial charge in [0.05, 0.1) is 18.1 Å². The molecule has 1 aromatic rings. The minimum atomic E-state index is -0.457. The number of nitrogens with zero attached hydrogens (tertiary/aromatic N) is 1. The fourth-order valence-electron chi connectivity index (χ4n) is 2.58. The number of carbonyl (C=O) groups is 1. The Hall–Kier alpha value is -1.90. The second-order valence-corrected chi connectivity index (χ2v) is 5.14. The summed E-state index contributed by atoms with van der Waals surface area (Å²) in [6.07, 6.45) is 1.62. The largest absolute Gasteiger partial charge is 0.370 e. The number of primary amides is 1. The molecule has 20 heavy (non-hydrogen) atoms. The van der Waals surface area contributed by atoms with Crippen LogP contribution in [0.2, 0.25) is 0 Å². The number of ether oxygens (including phenoxy) is 1. The smallest absolute Gasteiger partial charge is 0.243 e. The Morgan fingerprint density at radius 3 is 2.75 bits per heavy atom. The highest BCUT2D eigenvalue weighted by molar-refractivity contribution is 5.74. The molecule has 2 rings (SSSR count). The van der Waals surface area contributed by atoms with Crippen LogP contribution in [0.25, 0.3) is 0 Å². The lowest BCUT2D eigenvalue weighted by atomic mass is 9.62. The van der Waals surface area contributed by atoms with Crippen LogP contribution < -0.4 is 11.1 Å². The van der Waals surface area contributed by atoms with Crippen LogP contribution in [0.4, 0.5) is 0 Å². The molecule has 1 aliphatic carbocycles. The van der Waals surface area contributed by atoms with Gasteiger partial charge in [0.25, 0.3) is 0 Å². The average molecular weight is 273 g/mol. The van der Waals surface area contributed by atoms with Crippen molar-refractivity contribution < 1.29 is 9.53 Å². The summed E-state index contributed by atoms with van der Waals surface area (Å²) in [6.45, 7) is 1.07. The summed E-state index contributed by atoms with van der Waals surface area (Å²) in [6, 6.07) is 12.7. The van der Waals surface area contributed by atoms with Gasteiger partial charge in [-0.25, -0.2) is 0 Å². The van der Waals surface area contributed by atoms with Gasteiger partial charge < -0.3 is 15.8 Å². The Kier molecular flexibility index (Phi) is 4.72. The molecule has 1 amide bonds. The molecule has 1 saturated carbocycles. The number of hydrogen-bond donors (Lipinski definition) is 2. The average Bonchev–Trinajstić information content (AvgIpc) is 2.41. The molecule has 106 valence electrons. The lowest BCUT2D eigenvalue weighted by Crippen LogP contribution is -2.51. The third-order valence-electron chi connectivity index (χ3n) is 3.65. The molecule has 5 nitrogen and oxygen atoms in total. The van der Waals surface area contributed by atoms with E-state index in [0.717, 1.165) is 18.4 Å². The van der Waals surface area contributed by atoms with E-state index in [4.69, 9.17) is 10.5 Å². The van der Waals surface area contributed by atoms with E-state index in [-0.39, 0.29) is 12.0 Å². The number of nitrogens with two attached hydrogens (primary N) is 1. The van der Waals surface area contributed by atoms with Crippen molar-refractivity contribution in [3.8, 4) is 6.07 Å². The number of nitrogens with one attached hydrogen (secondary N) is 1. The van der Waals surface area contributed by atoms with Gasteiger partial charge in [-0.2, -0.15) is 5.26 Å². The molecular weight excluding hydrogens is 254 g/mol. The maximum atomic E-state index is 10.5. The van der Waals surface area contributed by atoms with Crippen LogP contribution in [0.15, 0.2) is 30.3 Å². The molecule has 0 bridgehead atoms. The van der Waals surface area contributed by atoms with E-state index in [1.807, 2.05) is 30.3 Å². The maximum absolute atomic E-state index is 10.5. The SMILES string of the molecule is N#CC1(c2ccccc2)CC(NCCOCC(N)=O)C1. The third kappa shape index (κ3) is 3.35.